The van der Waals surface area contributed by atoms with Gasteiger partial charge in [0.2, 0.25) is 0 Å². The van der Waals surface area contributed by atoms with Crippen molar-refractivity contribution in [3.05, 3.63) is 22.4 Å². The summed E-state index contributed by atoms with van der Waals surface area (Å²) in [5, 5.41) is 12.2. The van der Waals surface area contributed by atoms with E-state index in [1.807, 2.05) is 0 Å². The fourth-order valence-electron chi connectivity index (χ4n) is 7.12. The van der Waals surface area contributed by atoms with Crippen LogP contribution < -0.4 is 0 Å². The summed E-state index contributed by atoms with van der Waals surface area (Å²) in [4.78, 5) is 12.3. The van der Waals surface area contributed by atoms with Crippen molar-refractivity contribution in [2.45, 2.75) is 71.3 Å². The maximum Gasteiger partial charge on any atom is 0.161 e. The molecule has 0 aromatic rings. The van der Waals surface area contributed by atoms with E-state index in [1.165, 1.54) is 5.57 Å². The molecule has 4 rings (SSSR count). The molecular weight excluding hydrogens is 348 g/mol. The van der Waals surface area contributed by atoms with Crippen molar-refractivity contribution in [3.8, 4) is 0 Å². The van der Waals surface area contributed by atoms with Gasteiger partial charge in [-0.05, 0) is 80.3 Å². The van der Waals surface area contributed by atoms with Crippen LogP contribution in [-0.2, 0) is 9.53 Å². The Bertz CT molecular complexity index is 710. The highest BCUT2D eigenvalue weighted by Crippen LogP contribution is 2.68. The predicted molar refractivity (Wildman–Crippen MR) is 103 cm³/mol. The molecule has 4 aliphatic rings. The number of carbonyl (C=O) groups excluding carboxylic acids is 1. The predicted octanol–water partition coefficient (Wildman–Crippen LogP) is 4.98. The molecule has 0 amide bonds. The van der Waals surface area contributed by atoms with Crippen LogP contribution in [0.5, 0.6) is 0 Å². The zero-order valence-electron chi connectivity index (χ0n) is 16.4. The summed E-state index contributed by atoms with van der Waals surface area (Å²) in [6.45, 7) is 6.09. The standard InChI is InChI=1S/C22H31ClO3/c1-13(24)22(25)10-7-17-15-12-19(23)18-11-14(26-4)5-8-20(18,2)16(15)6-9-21(17,22)3/h11,15-17,25H,5-10,12H2,1-4H3/t15-,16+,17+,20-,21+,22+/m1/s1. The van der Waals surface area contributed by atoms with Crippen LogP contribution in [0.4, 0.5) is 0 Å². The number of aliphatic hydroxyl groups is 1. The van der Waals surface area contributed by atoms with Gasteiger partial charge >= 0.3 is 0 Å². The molecular formula is C22H31ClO3. The van der Waals surface area contributed by atoms with E-state index < -0.39 is 5.60 Å². The van der Waals surface area contributed by atoms with Crippen molar-refractivity contribution in [1.29, 1.82) is 0 Å². The first-order chi connectivity index (χ1) is 12.2. The van der Waals surface area contributed by atoms with E-state index in [9.17, 15) is 9.90 Å². The summed E-state index contributed by atoms with van der Waals surface area (Å²) in [6, 6.07) is 0. The highest BCUT2D eigenvalue weighted by atomic mass is 35.5. The Balaban J connectivity index is 1.75. The van der Waals surface area contributed by atoms with Crippen molar-refractivity contribution >= 4 is 17.4 Å². The first kappa shape index (κ1) is 18.6. The molecule has 144 valence electrons. The van der Waals surface area contributed by atoms with Gasteiger partial charge in [-0.25, -0.2) is 0 Å². The molecule has 2 fully saturated rings. The van der Waals surface area contributed by atoms with Gasteiger partial charge < -0.3 is 9.84 Å². The van der Waals surface area contributed by atoms with Gasteiger partial charge in [0, 0.05) is 16.9 Å². The molecule has 3 nitrogen and oxygen atoms in total. The van der Waals surface area contributed by atoms with Crippen LogP contribution in [0.15, 0.2) is 22.4 Å². The van der Waals surface area contributed by atoms with Crippen LogP contribution in [0.25, 0.3) is 0 Å². The van der Waals surface area contributed by atoms with Gasteiger partial charge in [0.15, 0.2) is 5.78 Å². The molecule has 0 aromatic carbocycles. The SMILES string of the molecule is COC1=CC2=C(Cl)C[C@@H]3[C@H](CC[C@@]4(C)[C@H]3CC[C@]4(O)C(C)=O)[C@@]2(C)CC1. The molecule has 0 spiro atoms. The fraction of sp³-hybridized carbons (Fsp3) is 0.773. The molecule has 0 bridgehead atoms. The quantitative estimate of drug-likeness (QED) is 0.737. The van der Waals surface area contributed by atoms with Crippen molar-refractivity contribution in [2.24, 2.45) is 28.6 Å². The maximum atomic E-state index is 12.3. The first-order valence-electron chi connectivity index (χ1n) is 10.0. The lowest BCUT2D eigenvalue weighted by molar-refractivity contribution is -0.158. The number of hydrogen-bond donors (Lipinski definition) is 1. The van der Waals surface area contributed by atoms with Gasteiger partial charge in [0.1, 0.15) is 5.60 Å². The van der Waals surface area contributed by atoms with Crippen LogP contribution in [0.2, 0.25) is 0 Å². The Morgan fingerprint density at radius 1 is 1.23 bits per heavy atom. The maximum absolute atomic E-state index is 12.3. The Kier molecular flexibility index (Phi) is 4.17. The molecule has 0 aromatic heterocycles. The molecule has 6 atom stereocenters. The molecule has 0 heterocycles. The molecule has 0 aliphatic heterocycles. The summed E-state index contributed by atoms with van der Waals surface area (Å²) >= 11 is 6.84. The van der Waals surface area contributed by atoms with Crippen LogP contribution in [-0.4, -0.2) is 23.6 Å². The van der Waals surface area contributed by atoms with Crippen molar-refractivity contribution in [3.63, 3.8) is 0 Å². The van der Waals surface area contributed by atoms with Crippen LogP contribution >= 0.6 is 11.6 Å². The zero-order chi connectivity index (χ0) is 18.9. The number of ketones is 1. The highest BCUT2D eigenvalue weighted by Gasteiger charge is 2.65. The van der Waals surface area contributed by atoms with E-state index in [2.05, 4.69) is 19.9 Å². The fourth-order valence-corrected chi connectivity index (χ4v) is 7.57. The number of halogens is 1. The monoisotopic (exact) mass is 378 g/mol. The van der Waals surface area contributed by atoms with Gasteiger partial charge in [-0.2, -0.15) is 0 Å². The second-order valence-electron chi connectivity index (χ2n) is 9.54. The third kappa shape index (κ3) is 2.19. The largest absolute Gasteiger partial charge is 0.501 e. The van der Waals surface area contributed by atoms with E-state index >= 15 is 0 Å². The summed E-state index contributed by atoms with van der Waals surface area (Å²) in [7, 11) is 1.74. The molecule has 1 N–H and O–H groups in total. The molecule has 0 unspecified atom stereocenters. The summed E-state index contributed by atoms with van der Waals surface area (Å²) in [5.74, 6) is 2.37. The van der Waals surface area contributed by atoms with E-state index in [0.717, 1.165) is 49.3 Å². The van der Waals surface area contributed by atoms with E-state index in [1.54, 1.807) is 14.0 Å². The van der Waals surface area contributed by atoms with E-state index in [0.29, 0.717) is 24.2 Å². The first-order valence-corrected chi connectivity index (χ1v) is 10.4. The smallest absolute Gasteiger partial charge is 0.161 e. The average Bonchev–Trinajstić information content (AvgIpc) is 2.88. The molecule has 26 heavy (non-hydrogen) atoms. The van der Waals surface area contributed by atoms with Crippen LogP contribution in [0.3, 0.4) is 0 Å². The topological polar surface area (TPSA) is 46.5 Å². The van der Waals surface area contributed by atoms with E-state index in [4.69, 9.17) is 16.3 Å². The minimum atomic E-state index is -1.16. The number of Topliss-reactive ketones (excluding diaryl/α,β-unsaturated/α-hetero) is 1. The molecule has 0 saturated heterocycles. The second-order valence-corrected chi connectivity index (χ2v) is 10.00. The third-order valence-electron chi connectivity index (χ3n) is 8.77. The Labute approximate surface area is 161 Å². The number of rotatable bonds is 2. The number of ether oxygens (including phenoxy) is 1. The lowest BCUT2D eigenvalue weighted by atomic mass is 9.47. The Morgan fingerprint density at radius 2 is 1.92 bits per heavy atom. The Morgan fingerprint density at radius 3 is 2.58 bits per heavy atom. The van der Waals surface area contributed by atoms with Gasteiger partial charge in [-0.15, -0.1) is 0 Å². The number of methoxy groups -OCH3 is 1. The van der Waals surface area contributed by atoms with Crippen LogP contribution in [0.1, 0.15) is 65.7 Å². The minimum Gasteiger partial charge on any atom is -0.501 e. The van der Waals surface area contributed by atoms with Gasteiger partial charge in [-0.3, -0.25) is 4.79 Å². The van der Waals surface area contributed by atoms with E-state index in [-0.39, 0.29) is 16.6 Å². The summed E-state index contributed by atoms with van der Waals surface area (Å²) < 4.78 is 5.51. The number of allylic oxidation sites excluding steroid dienone is 4. The lowest BCUT2D eigenvalue weighted by Gasteiger charge is -2.58. The highest BCUT2D eigenvalue weighted by molar-refractivity contribution is 6.30. The molecule has 2 saturated carbocycles. The average molecular weight is 379 g/mol. The normalized spacial score (nSPS) is 47.6. The third-order valence-corrected chi connectivity index (χ3v) is 9.13. The minimum absolute atomic E-state index is 0.0596. The van der Waals surface area contributed by atoms with Gasteiger partial charge in [0.25, 0.3) is 0 Å². The lowest BCUT2D eigenvalue weighted by Crippen LogP contribution is -2.56. The van der Waals surface area contributed by atoms with Gasteiger partial charge in [-0.1, -0.05) is 25.4 Å². The van der Waals surface area contributed by atoms with Crippen molar-refractivity contribution < 1.29 is 14.6 Å². The Hall–Kier alpha value is -0.800. The molecule has 4 heteroatoms. The van der Waals surface area contributed by atoms with Crippen molar-refractivity contribution in [2.75, 3.05) is 7.11 Å². The van der Waals surface area contributed by atoms with Crippen molar-refractivity contribution in [1.82, 2.24) is 0 Å². The molecule has 4 aliphatic carbocycles. The zero-order valence-corrected chi connectivity index (χ0v) is 17.2. The summed E-state index contributed by atoms with van der Waals surface area (Å²) in [6.07, 6.45) is 8.61. The number of hydrogen-bond acceptors (Lipinski definition) is 3. The number of carbonyl (C=O) groups is 1. The number of fused-ring (bicyclic) bond motifs is 5. The second kappa shape index (κ2) is 5.85. The van der Waals surface area contributed by atoms with Gasteiger partial charge in [0.05, 0.1) is 12.9 Å². The molecule has 0 radical (unpaired) electrons. The van der Waals surface area contributed by atoms with Crippen LogP contribution in [0, 0.1) is 28.6 Å². The summed E-state index contributed by atoms with van der Waals surface area (Å²) in [5.41, 5.74) is -0.115.